The first-order valence-corrected chi connectivity index (χ1v) is 6.72. The van der Waals surface area contributed by atoms with Crippen LogP contribution < -0.4 is 0 Å². The van der Waals surface area contributed by atoms with Gasteiger partial charge in [-0.15, -0.1) is 11.6 Å². The van der Waals surface area contributed by atoms with Gasteiger partial charge in [-0.2, -0.15) is 0 Å². The summed E-state index contributed by atoms with van der Waals surface area (Å²) in [6, 6.07) is 0. The smallest absolute Gasteiger partial charge is 0.334 e. The van der Waals surface area contributed by atoms with E-state index in [0.717, 1.165) is 44.1 Å². The summed E-state index contributed by atoms with van der Waals surface area (Å²) in [4.78, 5) is 11.8. The van der Waals surface area contributed by atoms with Crippen LogP contribution in [0.3, 0.4) is 0 Å². The lowest BCUT2D eigenvalue weighted by Crippen LogP contribution is -2.28. The van der Waals surface area contributed by atoms with Crippen LogP contribution in [0, 0.1) is 0 Å². The molecule has 16 heavy (non-hydrogen) atoms. The first-order chi connectivity index (χ1) is 7.67. The lowest BCUT2D eigenvalue weighted by Gasteiger charge is -2.27. The van der Waals surface area contributed by atoms with Crippen LogP contribution in [0.5, 0.6) is 0 Å². The van der Waals surface area contributed by atoms with Crippen molar-refractivity contribution in [1.29, 1.82) is 0 Å². The maximum atomic E-state index is 11.8. The Balaban J connectivity index is 2.10. The van der Waals surface area contributed by atoms with Crippen molar-refractivity contribution in [1.82, 2.24) is 0 Å². The molecule has 0 bridgehead atoms. The van der Waals surface area contributed by atoms with Crippen LogP contribution in [-0.4, -0.2) is 17.5 Å². The molecule has 1 unspecified atom stereocenters. The minimum Gasteiger partial charge on any atom is -0.451 e. The van der Waals surface area contributed by atoms with Gasteiger partial charge < -0.3 is 4.74 Å². The Kier molecular flexibility index (Phi) is 3.58. The highest BCUT2D eigenvalue weighted by molar-refractivity contribution is 6.17. The fourth-order valence-corrected chi connectivity index (χ4v) is 2.99. The molecule has 2 nitrogen and oxygen atoms in total. The molecule has 0 spiro atoms. The van der Waals surface area contributed by atoms with Crippen molar-refractivity contribution < 1.29 is 9.53 Å². The van der Waals surface area contributed by atoms with Crippen LogP contribution in [0.4, 0.5) is 0 Å². The molecule has 0 fully saturated rings. The third kappa shape index (κ3) is 2.13. The number of unbranched alkanes of at least 4 members (excludes halogenated alkanes) is 1. The second kappa shape index (κ2) is 4.79. The Morgan fingerprint density at radius 1 is 1.31 bits per heavy atom. The number of hydrogen-bond donors (Lipinski definition) is 0. The molecule has 0 radical (unpaired) electrons. The highest BCUT2D eigenvalue weighted by Gasteiger charge is 2.43. The summed E-state index contributed by atoms with van der Waals surface area (Å²) in [6.45, 7) is 2.06. The number of hydrogen-bond acceptors (Lipinski definition) is 2. The van der Waals surface area contributed by atoms with Crippen LogP contribution in [0.25, 0.3) is 0 Å². The highest BCUT2D eigenvalue weighted by atomic mass is 35.5. The fraction of sp³-hybridized carbons (Fsp3) is 0.769. The Morgan fingerprint density at radius 2 is 2.06 bits per heavy atom. The molecule has 3 heteroatoms. The third-order valence-electron chi connectivity index (χ3n) is 3.71. The van der Waals surface area contributed by atoms with Gasteiger partial charge in [-0.25, -0.2) is 4.79 Å². The molecule has 2 aliphatic rings. The fourth-order valence-electron chi connectivity index (χ4n) is 2.80. The molecule has 1 aliphatic carbocycles. The van der Waals surface area contributed by atoms with E-state index in [-0.39, 0.29) is 11.6 Å². The third-order valence-corrected chi connectivity index (χ3v) is 3.98. The van der Waals surface area contributed by atoms with Crippen LogP contribution in [0.15, 0.2) is 11.1 Å². The summed E-state index contributed by atoms with van der Waals surface area (Å²) < 4.78 is 5.59. The van der Waals surface area contributed by atoms with E-state index in [1.165, 1.54) is 12.0 Å². The Bertz CT molecular complexity index is 322. The summed E-state index contributed by atoms with van der Waals surface area (Å²) in [5.41, 5.74) is 1.93. The van der Waals surface area contributed by atoms with Gasteiger partial charge in [0.1, 0.15) is 5.60 Å². The second-order valence-corrected chi connectivity index (χ2v) is 5.31. The molecule has 90 valence electrons. The molecule has 0 saturated heterocycles. The molecule has 0 N–H and O–H groups in total. The molecule has 0 aromatic carbocycles. The zero-order valence-electron chi connectivity index (χ0n) is 9.85. The number of halogens is 1. The van der Waals surface area contributed by atoms with Gasteiger partial charge in [-0.05, 0) is 57.4 Å². The summed E-state index contributed by atoms with van der Waals surface area (Å²) in [5.74, 6) is 0.624. The molecule has 1 aliphatic heterocycles. The van der Waals surface area contributed by atoms with E-state index in [2.05, 4.69) is 6.92 Å². The van der Waals surface area contributed by atoms with Gasteiger partial charge >= 0.3 is 5.97 Å². The minimum absolute atomic E-state index is 0.0666. The van der Waals surface area contributed by atoms with Gasteiger partial charge in [0, 0.05) is 11.5 Å². The van der Waals surface area contributed by atoms with Gasteiger partial charge in [-0.1, -0.05) is 0 Å². The number of carbonyl (C=O) groups excluding carboxylic acids is 1. The lowest BCUT2D eigenvalue weighted by atomic mass is 9.81. The first-order valence-electron chi connectivity index (χ1n) is 6.19. The van der Waals surface area contributed by atoms with Crippen molar-refractivity contribution in [2.45, 2.75) is 57.5 Å². The van der Waals surface area contributed by atoms with Crippen molar-refractivity contribution in [2.75, 3.05) is 5.88 Å². The van der Waals surface area contributed by atoms with Gasteiger partial charge in [0.05, 0.1) is 0 Å². The van der Waals surface area contributed by atoms with E-state index in [4.69, 9.17) is 16.3 Å². The van der Waals surface area contributed by atoms with E-state index in [9.17, 15) is 4.79 Å². The molecule has 1 atom stereocenters. The largest absolute Gasteiger partial charge is 0.451 e. The Hall–Kier alpha value is -0.500. The number of esters is 1. The number of cyclic esters (lactones) is 1. The standard InChI is InChI=1S/C13H19ClO2/c1-13(8-4-5-9-14)11-7-3-2-6-10(11)12(15)16-13/h2-9H2,1H3. The Morgan fingerprint density at radius 3 is 2.81 bits per heavy atom. The molecule has 0 saturated carbocycles. The van der Waals surface area contributed by atoms with E-state index < -0.39 is 0 Å². The highest BCUT2D eigenvalue weighted by Crippen LogP contribution is 2.43. The SMILES string of the molecule is CC1(CCCCCl)OC(=O)C2=C1CCCC2. The van der Waals surface area contributed by atoms with Crippen LogP contribution >= 0.6 is 11.6 Å². The summed E-state index contributed by atoms with van der Waals surface area (Å²) in [7, 11) is 0. The second-order valence-electron chi connectivity index (χ2n) is 4.93. The number of carbonyl (C=O) groups is 1. The molecule has 2 rings (SSSR count). The average Bonchev–Trinajstić information content (AvgIpc) is 2.53. The van der Waals surface area contributed by atoms with Crippen LogP contribution in [-0.2, 0) is 9.53 Å². The normalized spacial score (nSPS) is 29.2. The van der Waals surface area contributed by atoms with Gasteiger partial charge in [-0.3, -0.25) is 0 Å². The predicted molar refractivity (Wildman–Crippen MR) is 64.6 cm³/mol. The lowest BCUT2D eigenvalue weighted by molar-refractivity contribution is -0.146. The quantitative estimate of drug-likeness (QED) is 0.428. The number of ether oxygens (including phenoxy) is 1. The van der Waals surface area contributed by atoms with E-state index in [1.54, 1.807) is 0 Å². The van der Waals surface area contributed by atoms with Crippen LogP contribution in [0.1, 0.15) is 51.9 Å². The van der Waals surface area contributed by atoms with Crippen LogP contribution in [0.2, 0.25) is 0 Å². The van der Waals surface area contributed by atoms with E-state index in [0.29, 0.717) is 5.88 Å². The summed E-state index contributed by atoms with van der Waals surface area (Å²) in [6.07, 6.45) is 7.23. The van der Waals surface area contributed by atoms with Gasteiger partial charge in [0.15, 0.2) is 0 Å². The number of alkyl halides is 1. The minimum atomic E-state index is -0.321. The predicted octanol–water partition coefficient (Wildman–Crippen LogP) is 3.58. The molecular formula is C13H19ClO2. The molecule has 1 heterocycles. The van der Waals surface area contributed by atoms with Crippen molar-refractivity contribution >= 4 is 17.6 Å². The zero-order chi connectivity index (χ0) is 11.6. The molecule has 0 aromatic rings. The van der Waals surface area contributed by atoms with Gasteiger partial charge in [0.25, 0.3) is 0 Å². The zero-order valence-corrected chi connectivity index (χ0v) is 10.6. The first kappa shape index (κ1) is 12.0. The summed E-state index contributed by atoms with van der Waals surface area (Å²) >= 11 is 5.68. The van der Waals surface area contributed by atoms with Crippen molar-refractivity contribution in [3.05, 3.63) is 11.1 Å². The molecule has 0 aromatic heterocycles. The van der Waals surface area contributed by atoms with Crippen molar-refractivity contribution in [2.24, 2.45) is 0 Å². The van der Waals surface area contributed by atoms with Crippen molar-refractivity contribution in [3.8, 4) is 0 Å². The topological polar surface area (TPSA) is 26.3 Å². The Labute approximate surface area is 102 Å². The average molecular weight is 243 g/mol. The van der Waals surface area contributed by atoms with Gasteiger partial charge in [0.2, 0.25) is 0 Å². The van der Waals surface area contributed by atoms with Crippen molar-refractivity contribution in [3.63, 3.8) is 0 Å². The number of rotatable bonds is 4. The summed E-state index contributed by atoms with van der Waals surface area (Å²) in [5, 5.41) is 0. The maximum Gasteiger partial charge on any atom is 0.334 e. The molecular weight excluding hydrogens is 224 g/mol. The monoisotopic (exact) mass is 242 g/mol. The molecule has 0 amide bonds. The van der Waals surface area contributed by atoms with E-state index >= 15 is 0 Å². The van der Waals surface area contributed by atoms with E-state index in [1.807, 2.05) is 0 Å². The maximum absolute atomic E-state index is 11.8.